The first-order valence-corrected chi connectivity index (χ1v) is 7.17. The standard InChI is InChI=1S/C16H17N3O4/c1-4-14-11(3)15(9-18-16(14)19(21)22)23-13-5-6-17-12(8-13)7-10(2)20/h5-6,8-9H,4,7H2,1-3H3. The molecular weight excluding hydrogens is 298 g/mol. The van der Waals surface area contributed by atoms with Crippen LogP contribution in [0.3, 0.4) is 0 Å². The number of ether oxygens (including phenoxy) is 1. The van der Waals surface area contributed by atoms with Crippen molar-refractivity contribution in [2.75, 3.05) is 0 Å². The van der Waals surface area contributed by atoms with Crippen LogP contribution in [0.15, 0.2) is 24.5 Å². The van der Waals surface area contributed by atoms with Crippen LogP contribution in [0, 0.1) is 17.0 Å². The molecule has 0 spiro atoms. The summed E-state index contributed by atoms with van der Waals surface area (Å²) < 4.78 is 5.77. The van der Waals surface area contributed by atoms with Crippen LogP contribution >= 0.6 is 0 Å². The average molecular weight is 315 g/mol. The van der Waals surface area contributed by atoms with Gasteiger partial charge in [0, 0.05) is 24.2 Å². The zero-order valence-electron chi connectivity index (χ0n) is 13.2. The molecule has 7 nitrogen and oxygen atoms in total. The summed E-state index contributed by atoms with van der Waals surface area (Å²) in [6.45, 7) is 5.09. The summed E-state index contributed by atoms with van der Waals surface area (Å²) in [6, 6.07) is 3.34. The van der Waals surface area contributed by atoms with Crippen LogP contribution in [0.25, 0.3) is 0 Å². The minimum absolute atomic E-state index is 0.0103. The second-order valence-corrected chi connectivity index (χ2v) is 5.12. The van der Waals surface area contributed by atoms with E-state index >= 15 is 0 Å². The maximum atomic E-state index is 11.2. The first kappa shape index (κ1) is 16.5. The number of nitro groups is 1. The highest BCUT2D eigenvalue weighted by molar-refractivity contribution is 5.77. The van der Waals surface area contributed by atoms with Crippen LogP contribution in [-0.4, -0.2) is 20.7 Å². The van der Waals surface area contributed by atoms with Crippen LogP contribution in [-0.2, 0) is 17.6 Å². The summed E-state index contributed by atoms with van der Waals surface area (Å²) in [5.74, 6) is 0.824. The van der Waals surface area contributed by atoms with Crippen LogP contribution in [0.4, 0.5) is 5.82 Å². The number of rotatable bonds is 6. The predicted molar refractivity (Wildman–Crippen MR) is 83.7 cm³/mol. The van der Waals surface area contributed by atoms with Crippen molar-refractivity contribution in [3.63, 3.8) is 0 Å². The maximum Gasteiger partial charge on any atom is 0.367 e. The van der Waals surface area contributed by atoms with Gasteiger partial charge in [-0.05, 0) is 36.2 Å². The smallest absolute Gasteiger partial charge is 0.367 e. The Bertz CT molecular complexity index is 759. The molecule has 2 aromatic rings. The van der Waals surface area contributed by atoms with E-state index in [9.17, 15) is 14.9 Å². The fourth-order valence-corrected chi connectivity index (χ4v) is 2.29. The van der Waals surface area contributed by atoms with Crippen LogP contribution in [0.1, 0.15) is 30.7 Å². The number of aromatic nitrogens is 2. The van der Waals surface area contributed by atoms with Gasteiger partial charge in [-0.1, -0.05) is 6.92 Å². The first-order valence-electron chi connectivity index (χ1n) is 7.17. The van der Waals surface area contributed by atoms with Crippen molar-refractivity contribution in [1.82, 2.24) is 9.97 Å². The van der Waals surface area contributed by atoms with E-state index in [-0.39, 0.29) is 18.0 Å². The highest BCUT2D eigenvalue weighted by Gasteiger charge is 2.20. The van der Waals surface area contributed by atoms with Gasteiger partial charge in [-0.25, -0.2) is 0 Å². The number of ketones is 1. The van der Waals surface area contributed by atoms with Crippen LogP contribution in [0.5, 0.6) is 11.5 Å². The Hall–Kier alpha value is -2.83. The van der Waals surface area contributed by atoms with Crippen molar-refractivity contribution in [2.45, 2.75) is 33.6 Å². The molecule has 23 heavy (non-hydrogen) atoms. The Morgan fingerprint density at radius 3 is 2.74 bits per heavy atom. The SMILES string of the molecule is CCc1c([N+](=O)[O-])ncc(Oc2ccnc(CC(C)=O)c2)c1C. The second-order valence-electron chi connectivity index (χ2n) is 5.12. The number of carbonyl (C=O) groups excluding carboxylic acids is 1. The van der Waals surface area contributed by atoms with Crippen molar-refractivity contribution >= 4 is 11.6 Å². The number of Topliss-reactive ketones (excluding diaryl/α,β-unsaturated/α-hetero) is 1. The molecule has 0 aliphatic rings. The molecule has 0 amide bonds. The quantitative estimate of drug-likeness (QED) is 0.600. The van der Waals surface area contributed by atoms with Gasteiger partial charge in [-0.3, -0.25) is 9.78 Å². The first-order chi connectivity index (χ1) is 10.9. The number of hydrogen-bond donors (Lipinski definition) is 0. The third-order valence-electron chi connectivity index (χ3n) is 3.37. The monoisotopic (exact) mass is 315 g/mol. The summed E-state index contributed by atoms with van der Waals surface area (Å²) in [5.41, 5.74) is 1.84. The van der Waals surface area contributed by atoms with E-state index in [2.05, 4.69) is 9.97 Å². The van der Waals surface area contributed by atoms with Gasteiger partial charge in [0.1, 0.15) is 11.5 Å². The van der Waals surface area contributed by atoms with E-state index < -0.39 is 4.92 Å². The van der Waals surface area contributed by atoms with E-state index in [0.29, 0.717) is 34.7 Å². The van der Waals surface area contributed by atoms with Gasteiger partial charge < -0.3 is 14.9 Å². The summed E-state index contributed by atoms with van der Waals surface area (Å²) >= 11 is 0. The normalized spacial score (nSPS) is 10.4. The molecule has 0 atom stereocenters. The molecule has 120 valence electrons. The second kappa shape index (κ2) is 6.95. The third-order valence-corrected chi connectivity index (χ3v) is 3.37. The van der Waals surface area contributed by atoms with Gasteiger partial charge in [-0.2, -0.15) is 0 Å². The van der Waals surface area contributed by atoms with Crippen molar-refractivity contribution in [3.05, 3.63) is 51.5 Å². The lowest BCUT2D eigenvalue weighted by molar-refractivity contribution is -0.390. The number of carbonyl (C=O) groups is 1. The highest BCUT2D eigenvalue weighted by atomic mass is 16.6. The topological polar surface area (TPSA) is 95.2 Å². The molecule has 0 N–H and O–H groups in total. The summed E-state index contributed by atoms with van der Waals surface area (Å²) in [6.07, 6.45) is 3.62. The van der Waals surface area contributed by atoms with Gasteiger partial charge in [-0.15, -0.1) is 0 Å². The molecule has 0 aliphatic heterocycles. The van der Waals surface area contributed by atoms with E-state index in [1.165, 1.54) is 13.1 Å². The number of hydrogen-bond acceptors (Lipinski definition) is 6. The molecule has 0 fully saturated rings. The lowest BCUT2D eigenvalue weighted by Gasteiger charge is -2.11. The Morgan fingerprint density at radius 2 is 2.13 bits per heavy atom. The molecule has 0 radical (unpaired) electrons. The largest absolute Gasteiger partial charge is 0.453 e. The molecule has 0 aliphatic carbocycles. The third kappa shape index (κ3) is 3.88. The lowest BCUT2D eigenvalue weighted by atomic mass is 10.1. The van der Waals surface area contributed by atoms with E-state index in [4.69, 9.17) is 4.74 Å². The van der Waals surface area contributed by atoms with E-state index in [1.807, 2.05) is 6.92 Å². The molecule has 0 saturated heterocycles. The zero-order valence-corrected chi connectivity index (χ0v) is 13.2. The molecule has 0 bridgehead atoms. The Kier molecular flexibility index (Phi) is 5.00. The summed E-state index contributed by atoms with van der Waals surface area (Å²) in [5, 5.41) is 11.0. The van der Waals surface area contributed by atoms with Gasteiger partial charge in [0.05, 0.1) is 11.3 Å². The maximum absolute atomic E-state index is 11.2. The number of pyridine rings is 2. The van der Waals surface area contributed by atoms with Crippen molar-refractivity contribution in [3.8, 4) is 11.5 Å². The fraction of sp³-hybridized carbons (Fsp3) is 0.312. The van der Waals surface area contributed by atoms with Gasteiger partial charge in [0.2, 0.25) is 0 Å². The minimum atomic E-state index is -0.493. The minimum Gasteiger partial charge on any atom is -0.453 e. The van der Waals surface area contributed by atoms with E-state index in [1.54, 1.807) is 25.3 Å². The Balaban J connectivity index is 2.34. The zero-order chi connectivity index (χ0) is 17.0. The molecule has 2 heterocycles. The predicted octanol–water partition coefficient (Wildman–Crippen LogP) is 3.18. The van der Waals surface area contributed by atoms with Gasteiger partial charge in [0.15, 0.2) is 11.9 Å². The van der Waals surface area contributed by atoms with Crippen LogP contribution < -0.4 is 4.74 Å². The number of nitrogens with zero attached hydrogens (tertiary/aromatic N) is 3. The van der Waals surface area contributed by atoms with Crippen molar-refractivity contribution < 1.29 is 14.5 Å². The Labute approximate surface area is 133 Å². The summed E-state index contributed by atoms with van der Waals surface area (Å²) in [7, 11) is 0. The molecule has 0 aromatic carbocycles. The highest BCUT2D eigenvalue weighted by Crippen LogP contribution is 2.31. The van der Waals surface area contributed by atoms with Crippen LogP contribution in [0.2, 0.25) is 0 Å². The summed E-state index contributed by atoms with van der Waals surface area (Å²) in [4.78, 5) is 29.7. The molecule has 0 unspecified atom stereocenters. The van der Waals surface area contributed by atoms with Gasteiger partial charge >= 0.3 is 5.82 Å². The van der Waals surface area contributed by atoms with Gasteiger partial charge in [0.25, 0.3) is 0 Å². The van der Waals surface area contributed by atoms with E-state index in [0.717, 1.165) is 0 Å². The van der Waals surface area contributed by atoms with Crippen molar-refractivity contribution in [2.24, 2.45) is 0 Å². The molecule has 2 aromatic heterocycles. The molecule has 2 rings (SSSR count). The Morgan fingerprint density at radius 1 is 1.39 bits per heavy atom. The fourth-order valence-electron chi connectivity index (χ4n) is 2.29. The molecule has 0 saturated carbocycles. The average Bonchev–Trinajstić information content (AvgIpc) is 2.48. The van der Waals surface area contributed by atoms with Crippen molar-refractivity contribution in [1.29, 1.82) is 0 Å². The molecule has 7 heteroatoms. The lowest BCUT2D eigenvalue weighted by Crippen LogP contribution is -2.03. The molecular formula is C16H17N3O4.